The summed E-state index contributed by atoms with van der Waals surface area (Å²) in [6, 6.07) is 5.30. The zero-order chi connectivity index (χ0) is 22.6. The van der Waals surface area contributed by atoms with E-state index >= 15 is 0 Å². The highest BCUT2D eigenvalue weighted by Crippen LogP contribution is 2.40. The van der Waals surface area contributed by atoms with E-state index in [1.165, 1.54) is 75.5 Å². The zero-order valence-corrected chi connectivity index (χ0v) is 26.2. The van der Waals surface area contributed by atoms with Crippen molar-refractivity contribution in [2.45, 2.75) is 130 Å². The molecule has 0 aliphatic heterocycles. The van der Waals surface area contributed by atoms with Gasteiger partial charge in [-0.3, -0.25) is 0 Å². The van der Waals surface area contributed by atoms with Gasteiger partial charge in [-0.1, -0.05) is 112 Å². The van der Waals surface area contributed by atoms with Crippen LogP contribution in [0.4, 0.5) is 0 Å². The average molecular weight is 573 g/mol. The van der Waals surface area contributed by atoms with Gasteiger partial charge in [-0.2, -0.15) is 0 Å². The van der Waals surface area contributed by atoms with E-state index in [1.54, 1.807) is 0 Å². The van der Waals surface area contributed by atoms with Crippen molar-refractivity contribution in [1.82, 2.24) is 0 Å². The third kappa shape index (κ3) is 17.6. The Bertz CT molecular complexity index is 382. The van der Waals surface area contributed by atoms with E-state index in [9.17, 15) is 0 Å². The van der Waals surface area contributed by atoms with Crippen molar-refractivity contribution in [3.63, 3.8) is 0 Å². The molecule has 0 aliphatic carbocycles. The standard InChI is InChI=1S/C24H52Br2OSi2/c1-23(2,3)21-28(7,19-15-11-9-13-17-25)27-29(8,22-24(4,5)6)20-16-12-10-14-18-26/h9-22H2,1-8H3. The second-order valence-corrected chi connectivity index (χ2v) is 22.1. The minimum atomic E-state index is -1.71. The first-order valence-electron chi connectivity index (χ1n) is 12.1. The smallest absolute Gasteiger partial charge is 0.177 e. The molecule has 0 spiro atoms. The fraction of sp³-hybridized carbons (Fsp3) is 1.00. The van der Waals surface area contributed by atoms with E-state index in [0.717, 1.165) is 10.7 Å². The van der Waals surface area contributed by atoms with Crippen LogP contribution in [0.1, 0.15) is 92.9 Å². The highest BCUT2D eigenvalue weighted by molar-refractivity contribution is 9.09. The fourth-order valence-electron chi connectivity index (χ4n) is 5.08. The molecule has 0 aliphatic rings. The van der Waals surface area contributed by atoms with Crippen LogP contribution in [-0.4, -0.2) is 27.3 Å². The van der Waals surface area contributed by atoms with Crippen LogP contribution in [0.5, 0.6) is 0 Å². The minimum absolute atomic E-state index is 0.365. The number of hydrogen-bond donors (Lipinski definition) is 0. The predicted molar refractivity (Wildman–Crippen MR) is 147 cm³/mol. The topological polar surface area (TPSA) is 9.23 Å². The van der Waals surface area contributed by atoms with Gasteiger partial charge in [-0.15, -0.1) is 0 Å². The van der Waals surface area contributed by atoms with Crippen molar-refractivity contribution < 1.29 is 4.12 Å². The first kappa shape index (κ1) is 30.4. The summed E-state index contributed by atoms with van der Waals surface area (Å²) in [4.78, 5) is 0. The van der Waals surface area contributed by atoms with Gasteiger partial charge in [0, 0.05) is 10.7 Å². The Balaban J connectivity index is 5.21. The summed E-state index contributed by atoms with van der Waals surface area (Å²) in [5.74, 6) is 0. The molecule has 1 nitrogen and oxygen atoms in total. The van der Waals surface area contributed by atoms with E-state index in [0.29, 0.717) is 10.8 Å². The highest BCUT2D eigenvalue weighted by Gasteiger charge is 2.42. The average Bonchev–Trinajstić information content (AvgIpc) is 2.50. The van der Waals surface area contributed by atoms with Crippen molar-refractivity contribution in [1.29, 1.82) is 0 Å². The molecule has 0 aromatic heterocycles. The van der Waals surface area contributed by atoms with Gasteiger partial charge in [0.2, 0.25) is 0 Å². The Morgan fingerprint density at radius 2 is 0.862 bits per heavy atom. The normalized spacial score (nSPS) is 17.2. The molecule has 176 valence electrons. The molecule has 29 heavy (non-hydrogen) atoms. The molecule has 0 aromatic rings. The van der Waals surface area contributed by atoms with Crippen molar-refractivity contribution in [2.75, 3.05) is 10.7 Å². The van der Waals surface area contributed by atoms with Gasteiger partial charge in [-0.25, -0.2) is 0 Å². The molecule has 0 radical (unpaired) electrons. The first-order valence-corrected chi connectivity index (χ1v) is 20.0. The van der Waals surface area contributed by atoms with Crippen LogP contribution in [0.15, 0.2) is 0 Å². The Morgan fingerprint density at radius 3 is 1.14 bits per heavy atom. The lowest BCUT2D eigenvalue weighted by Crippen LogP contribution is -2.51. The molecule has 2 atom stereocenters. The van der Waals surface area contributed by atoms with Crippen molar-refractivity contribution in [3.05, 3.63) is 0 Å². The molecule has 0 bridgehead atoms. The maximum absolute atomic E-state index is 7.45. The number of alkyl halides is 2. The maximum Gasteiger partial charge on any atom is 0.177 e. The van der Waals surface area contributed by atoms with E-state index in [2.05, 4.69) is 86.5 Å². The van der Waals surface area contributed by atoms with Crippen LogP contribution in [0.2, 0.25) is 37.3 Å². The van der Waals surface area contributed by atoms with E-state index in [4.69, 9.17) is 4.12 Å². The molecule has 0 N–H and O–H groups in total. The Labute approximate surface area is 203 Å². The Morgan fingerprint density at radius 1 is 0.552 bits per heavy atom. The van der Waals surface area contributed by atoms with Crippen LogP contribution in [0.25, 0.3) is 0 Å². The number of unbranched alkanes of at least 4 members (excludes halogenated alkanes) is 6. The van der Waals surface area contributed by atoms with E-state index in [1.807, 2.05) is 0 Å². The molecule has 5 heteroatoms. The molecule has 2 unspecified atom stereocenters. The lowest BCUT2D eigenvalue weighted by Gasteiger charge is -2.44. The molecule has 0 fully saturated rings. The van der Waals surface area contributed by atoms with Crippen molar-refractivity contribution in [2.24, 2.45) is 10.8 Å². The molecule has 0 saturated carbocycles. The van der Waals surface area contributed by atoms with Gasteiger partial charge in [0.25, 0.3) is 0 Å². The highest BCUT2D eigenvalue weighted by atomic mass is 79.9. The molecular formula is C24H52Br2OSi2. The van der Waals surface area contributed by atoms with Gasteiger partial charge < -0.3 is 4.12 Å². The summed E-state index contributed by atoms with van der Waals surface area (Å²) in [6.45, 7) is 19.6. The number of hydrogen-bond acceptors (Lipinski definition) is 1. The second kappa shape index (κ2) is 14.5. The molecule has 0 aromatic carbocycles. The summed E-state index contributed by atoms with van der Waals surface area (Å²) in [7, 11) is -3.43. The summed E-state index contributed by atoms with van der Waals surface area (Å²) >= 11 is 7.15. The van der Waals surface area contributed by atoms with Crippen LogP contribution in [0, 0.1) is 10.8 Å². The summed E-state index contributed by atoms with van der Waals surface area (Å²) in [5, 5.41) is 2.29. The monoisotopic (exact) mass is 570 g/mol. The van der Waals surface area contributed by atoms with Crippen molar-refractivity contribution in [3.8, 4) is 0 Å². The SMILES string of the molecule is CC(C)(C)C[Si](C)(CCCCCCBr)O[Si](C)(CCCCCCBr)CC(C)(C)C. The molecule has 0 heterocycles. The van der Waals surface area contributed by atoms with Gasteiger partial charge >= 0.3 is 0 Å². The quantitative estimate of drug-likeness (QED) is 0.102. The number of rotatable bonds is 16. The van der Waals surface area contributed by atoms with Crippen LogP contribution >= 0.6 is 31.9 Å². The van der Waals surface area contributed by atoms with Crippen molar-refractivity contribution >= 4 is 48.5 Å². The van der Waals surface area contributed by atoms with E-state index < -0.39 is 16.6 Å². The lowest BCUT2D eigenvalue weighted by atomic mass is 10.0. The second-order valence-electron chi connectivity index (χ2n) is 12.2. The van der Waals surface area contributed by atoms with Crippen LogP contribution in [-0.2, 0) is 4.12 Å². The first-order chi connectivity index (χ1) is 13.2. The van der Waals surface area contributed by atoms with E-state index in [-0.39, 0.29) is 0 Å². The molecule has 0 saturated heterocycles. The largest absolute Gasteiger partial charge is 0.455 e. The fourth-order valence-corrected chi connectivity index (χ4v) is 18.9. The van der Waals surface area contributed by atoms with Crippen LogP contribution in [0.3, 0.4) is 0 Å². The van der Waals surface area contributed by atoms with Gasteiger partial charge in [0.1, 0.15) is 0 Å². The van der Waals surface area contributed by atoms with Gasteiger partial charge in [0.05, 0.1) is 0 Å². The third-order valence-corrected chi connectivity index (χ3v) is 17.0. The zero-order valence-electron chi connectivity index (χ0n) is 21.1. The summed E-state index contributed by atoms with van der Waals surface area (Å²) in [6.07, 6.45) is 10.8. The molecule has 0 amide bonds. The molecular weight excluding hydrogens is 520 g/mol. The van der Waals surface area contributed by atoms with Gasteiger partial charge in [-0.05, 0) is 60.9 Å². The Hall–Kier alpha value is 1.35. The van der Waals surface area contributed by atoms with Crippen LogP contribution < -0.4 is 0 Å². The Kier molecular flexibility index (Phi) is 15.2. The molecule has 0 rings (SSSR count). The third-order valence-electron chi connectivity index (χ3n) is 5.48. The summed E-state index contributed by atoms with van der Waals surface area (Å²) in [5.41, 5.74) is 0.730. The number of halogens is 2. The maximum atomic E-state index is 7.45. The lowest BCUT2D eigenvalue weighted by molar-refractivity contribution is 0.392. The minimum Gasteiger partial charge on any atom is -0.455 e. The summed E-state index contributed by atoms with van der Waals surface area (Å²) < 4.78 is 7.45. The predicted octanol–water partition coefficient (Wildman–Crippen LogP) is 10.2. The van der Waals surface area contributed by atoms with Gasteiger partial charge in [0.15, 0.2) is 16.6 Å².